The lowest BCUT2D eigenvalue weighted by molar-refractivity contribution is -0.147. The SMILES string of the molecule is CC[C@H]1CN=N[C@@]1(C)C(=O)OC. The Morgan fingerprint density at radius 2 is 2.42 bits per heavy atom. The summed E-state index contributed by atoms with van der Waals surface area (Å²) in [5.74, 6) is -0.0828. The Morgan fingerprint density at radius 3 is 2.92 bits per heavy atom. The molecule has 4 heteroatoms. The Hall–Kier alpha value is -0.930. The molecule has 68 valence electrons. The van der Waals surface area contributed by atoms with Crippen molar-refractivity contribution in [2.75, 3.05) is 13.7 Å². The summed E-state index contributed by atoms with van der Waals surface area (Å²) in [6, 6.07) is 0. The molecule has 1 aliphatic rings. The van der Waals surface area contributed by atoms with Crippen LogP contribution in [0.2, 0.25) is 0 Å². The molecule has 0 unspecified atom stereocenters. The molecule has 0 bridgehead atoms. The summed E-state index contributed by atoms with van der Waals surface area (Å²) in [5, 5.41) is 7.82. The molecule has 1 rings (SSSR count). The molecule has 0 spiro atoms. The molecule has 0 fully saturated rings. The van der Waals surface area contributed by atoms with E-state index < -0.39 is 5.54 Å². The van der Waals surface area contributed by atoms with E-state index in [1.54, 1.807) is 6.92 Å². The van der Waals surface area contributed by atoms with Gasteiger partial charge in [-0.1, -0.05) is 6.92 Å². The minimum Gasteiger partial charge on any atom is -0.467 e. The lowest BCUT2D eigenvalue weighted by Crippen LogP contribution is -2.40. The van der Waals surface area contributed by atoms with Crippen LogP contribution in [0.15, 0.2) is 10.2 Å². The molecular weight excluding hydrogens is 156 g/mol. The number of ether oxygens (including phenoxy) is 1. The maximum atomic E-state index is 11.3. The van der Waals surface area contributed by atoms with Crippen LogP contribution in [0.25, 0.3) is 0 Å². The summed E-state index contributed by atoms with van der Waals surface area (Å²) in [6.07, 6.45) is 0.901. The number of hydrogen-bond donors (Lipinski definition) is 0. The number of rotatable bonds is 2. The second kappa shape index (κ2) is 3.21. The zero-order chi connectivity index (χ0) is 9.19. The van der Waals surface area contributed by atoms with Gasteiger partial charge in [0.1, 0.15) is 0 Å². The van der Waals surface area contributed by atoms with E-state index in [1.807, 2.05) is 6.92 Å². The molecule has 0 radical (unpaired) electrons. The first kappa shape index (κ1) is 9.16. The second-order valence-electron chi connectivity index (χ2n) is 3.17. The van der Waals surface area contributed by atoms with E-state index in [9.17, 15) is 4.79 Å². The Kier molecular flexibility index (Phi) is 2.45. The summed E-state index contributed by atoms with van der Waals surface area (Å²) in [7, 11) is 1.38. The van der Waals surface area contributed by atoms with E-state index in [2.05, 4.69) is 15.0 Å². The van der Waals surface area contributed by atoms with Crippen molar-refractivity contribution >= 4 is 5.97 Å². The second-order valence-corrected chi connectivity index (χ2v) is 3.17. The third-order valence-corrected chi connectivity index (χ3v) is 2.47. The van der Waals surface area contributed by atoms with Gasteiger partial charge in [-0.15, -0.1) is 0 Å². The van der Waals surface area contributed by atoms with Crippen LogP contribution in [0.1, 0.15) is 20.3 Å². The fourth-order valence-corrected chi connectivity index (χ4v) is 1.49. The Balaban J connectivity index is 2.80. The summed E-state index contributed by atoms with van der Waals surface area (Å²) in [4.78, 5) is 11.3. The largest absolute Gasteiger partial charge is 0.467 e. The average molecular weight is 170 g/mol. The topological polar surface area (TPSA) is 51.0 Å². The first-order chi connectivity index (χ1) is 5.65. The third-order valence-electron chi connectivity index (χ3n) is 2.47. The number of nitrogens with zero attached hydrogens (tertiary/aromatic N) is 2. The molecule has 0 N–H and O–H groups in total. The van der Waals surface area contributed by atoms with Gasteiger partial charge in [-0.25, -0.2) is 4.79 Å². The number of hydrogen-bond acceptors (Lipinski definition) is 4. The van der Waals surface area contributed by atoms with Crippen LogP contribution in [-0.4, -0.2) is 25.2 Å². The van der Waals surface area contributed by atoms with Crippen molar-refractivity contribution in [3.63, 3.8) is 0 Å². The predicted octanol–water partition coefficient (Wildman–Crippen LogP) is 1.41. The van der Waals surface area contributed by atoms with Gasteiger partial charge >= 0.3 is 5.97 Å². The third kappa shape index (κ3) is 1.21. The highest BCUT2D eigenvalue weighted by molar-refractivity contribution is 5.81. The van der Waals surface area contributed by atoms with Crippen molar-refractivity contribution in [3.05, 3.63) is 0 Å². The molecule has 0 saturated carbocycles. The van der Waals surface area contributed by atoms with Crippen LogP contribution in [0, 0.1) is 5.92 Å². The van der Waals surface area contributed by atoms with Crippen LogP contribution in [0.5, 0.6) is 0 Å². The van der Waals surface area contributed by atoms with Crippen molar-refractivity contribution < 1.29 is 9.53 Å². The van der Waals surface area contributed by atoms with Gasteiger partial charge in [0.25, 0.3) is 0 Å². The lowest BCUT2D eigenvalue weighted by atomic mass is 9.86. The van der Waals surface area contributed by atoms with E-state index >= 15 is 0 Å². The van der Waals surface area contributed by atoms with Gasteiger partial charge in [-0.3, -0.25) is 0 Å². The van der Waals surface area contributed by atoms with Crippen LogP contribution in [0.3, 0.4) is 0 Å². The average Bonchev–Trinajstić information content (AvgIpc) is 2.46. The quantitative estimate of drug-likeness (QED) is 0.588. The monoisotopic (exact) mass is 170 g/mol. The minimum atomic E-state index is -0.733. The fraction of sp³-hybridized carbons (Fsp3) is 0.875. The number of carbonyl (C=O) groups is 1. The lowest BCUT2D eigenvalue weighted by Gasteiger charge is -2.22. The van der Waals surface area contributed by atoms with E-state index in [0.29, 0.717) is 6.54 Å². The molecule has 0 aromatic heterocycles. The molecule has 4 nitrogen and oxygen atoms in total. The van der Waals surface area contributed by atoms with Crippen molar-refractivity contribution in [2.24, 2.45) is 16.1 Å². The molecule has 1 heterocycles. The Bertz CT molecular complexity index is 215. The predicted molar refractivity (Wildman–Crippen MR) is 43.9 cm³/mol. The zero-order valence-electron chi connectivity index (χ0n) is 7.70. The molecule has 1 aliphatic heterocycles. The Morgan fingerprint density at radius 1 is 1.75 bits per heavy atom. The number of carbonyl (C=O) groups excluding carboxylic acids is 1. The van der Waals surface area contributed by atoms with Gasteiger partial charge in [0.2, 0.25) is 0 Å². The molecule has 12 heavy (non-hydrogen) atoms. The van der Waals surface area contributed by atoms with Crippen LogP contribution in [0.4, 0.5) is 0 Å². The first-order valence-corrected chi connectivity index (χ1v) is 4.12. The number of azo groups is 1. The summed E-state index contributed by atoms with van der Waals surface area (Å²) < 4.78 is 4.68. The first-order valence-electron chi connectivity index (χ1n) is 4.12. The van der Waals surface area contributed by atoms with Crippen LogP contribution < -0.4 is 0 Å². The van der Waals surface area contributed by atoms with E-state index in [4.69, 9.17) is 0 Å². The van der Waals surface area contributed by atoms with E-state index in [1.165, 1.54) is 7.11 Å². The normalized spacial score (nSPS) is 33.8. The Labute approximate surface area is 72.0 Å². The molecule has 0 saturated heterocycles. The molecular formula is C8H14N2O2. The molecule has 2 atom stereocenters. The van der Waals surface area contributed by atoms with Crippen LogP contribution in [-0.2, 0) is 9.53 Å². The van der Waals surface area contributed by atoms with Gasteiger partial charge in [0, 0.05) is 5.92 Å². The van der Waals surface area contributed by atoms with Crippen molar-refractivity contribution in [2.45, 2.75) is 25.8 Å². The van der Waals surface area contributed by atoms with E-state index in [-0.39, 0.29) is 11.9 Å². The van der Waals surface area contributed by atoms with Gasteiger partial charge in [0.05, 0.1) is 13.7 Å². The number of methoxy groups -OCH3 is 1. The van der Waals surface area contributed by atoms with Gasteiger partial charge in [0.15, 0.2) is 5.54 Å². The summed E-state index contributed by atoms with van der Waals surface area (Å²) in [5.41, 5.74) is -0.733. The number of esters is 1. The molecule has 0 aromatic rings. The smallest absolute Gasteiger partial charge is 0.335 e. The van der Waals surface area contributed by atoms with Crippen molar-refractivity contribution in [3.8, 4) is 0 Å². The molecule has 0 aliphatic carbocycles. The highest BCUT2D eigenvalue weighted by atomic mass is 16.5. The maximum Gasteiger partial charge on any atom is 0.335 e. The standard InChI is InChI=1S/C8H14N2O2/c1-4-6-5-9-10-8(6,2)7(11)12-3/h6H,4-5H2,1-3H3/t6-,8+/m0/s1. The molecule has 0 amide bonds. The summed E-state index contributed by atoms with van der Waals surface area (Å²) >= 11 is 0. The van der Waals surface area contributed by atoms with Crippen molar-refractivity contribution in [1.29, 1.82) is 0 Å². The molecule has 0 aromatic carbocycles. The highest BCUT2D eigenvalue weighted by Crippen LogP contribution is 2.31. The van der Waals surface area contributed by atoms with E-state index in [0.717, 1.165) is 6.42 Å². The summed E-state index contributed by atoms with van der Waals surface area (Å²) in [6.45, 7) is 4.45. The zero-order valence-corrected chi connectivity index (χ0v) is 7.70. The fourth-order valence-electron chi connectivity index (χ4n) is 1.49. The maximum absolute atomic E-state index is 11.3. The van der Waals surface area contributed by atoms with Crippen molar-refractivity contribution in [1.82, 2.24) is 0 Å². The van der Waals surface area contributed by atoms with Gasteiger partial charge < -0.3 is 4.74 Å². The minimum absolute atomic E-state index is 0.199. The van der Waals surface area contributed by atoms with Crippen LogP contribution >= 0.6 is 0 Å². The van der Waals surface area contributed by atoms with Gasteiger partial charge in [-0.2, -0.15) is 10.2 Å². The van der Waals surface area contributed by atoms with Gasteiger partial charge in [-0.05, 0) is 13.3 Å². The highest BCUT2D eigenvalue weighted by Gasteiger charge is 2.45.